The van der Waals surface area contributed by atoms with Crippen LogP contribution in [-0.2, 0) is 0 Å². The van der Waals surface area contributed by atoms with Crippen LogP contribution in [0.5, 0.6) is 0 Å². The van der Waals surface area contributed by atoms with Crippen LogP contribution in [0.2, 0.25) is 0 Å². The van der Waals surface area contributed by atoms with Crippen LogP contribution in [-0.4, -0.2) is 10.7 Å². The summed E-state index contributed by atoms with van der Waals surface area (Å²) in [6, 6.07) is 5.57. The van der Waals surface area contributed by atoms with E-state index in [1.165, 1.54) is 0 Å². The summed E-state index contributed by atoms with van der Waals surface area (Å²) in [5.74, 6) is 0.869. The van der Waals surface area contributed by atoms with Gasteiger partial charge in [0.25, 0.3) is 0 Å². The Morgan fingerprint density at radius 2 is 2.50 bits per heavy atom. The van der Waals surface area contributed by atoms with Gasteiger partial charge in [-0.2, -0.15) is 5.26 Å². The molecule has 0 N–H and O–H groups in total. The molecule has 0 bridgehead atoms. The summed E-state index contributed by atoms with van der Waals surface area (Å²) < 4.78 is 0. The van der Waals surface area contributed by atoms with Gasteiger partial charge < -0.3 is 0 Å². The van der Waals surface area contributed by atoms with E-state index < -0.39 is 0 Å². The largest absolute Gasteiger partial charge is 0.244 e. The number of nitriles is 1. The zero-order valence-electron chi connectivity index (χ0n) is 6.53. The van der Waals surface area contributed by atoms with Crippen LogP contribution in [0.3, 0.4) is 0 Å². The lowest BCUT2D eigenvalue weighted by molar-refractivity contribution is 1.20. The molecule has 0 fully saturated rings. The maximum atomic E-state index is 8.47. The predicted octanol–water partition coefficient (Wildman–Crippen LogP) is 2.23. The highest BCUT2D eigenvalue weighted by molar-refractivity contribution is 7.99. The molecule has 0 aromatic carbocycles. The van der Waals surface area contributed by atoms with E-state index in [2.05, 4.69) is 11.6 Å². The van der Waals surface area contributed by atoms with Gasteiger partial charge in [0, 0.05) is 16.8 Å². The van der Waals surface area contributed by atoms with Gasteiger partial charge in [0.05, 0.1) is 0 Å². The van der Waals surface area contributed by atoms with Crippen LogP contribution in [0.15, 0.2) is 35.9 Å². The lowest BCUT2D eigenvalue weighted by atomic mass is 10.4. The quantitative estimate of drug-likeness (QED) is 0.523. The monoisotopic (exact) mass is 176 g/mol. The fourth-order valence-electron chi connectivity index (χ4n) is 0.687. The van der Waals surface area contributed by atoms with E-state index in [1.54, 1.807) is 24.0 Å². The minimum atomic E-state index is 0.456. The first-order chi connectivity index (χ1) is 5.86. The van der Waals surface area contributed by atoms with Crippen molar-refractivity contribution in [3.63, 3.8) is 0 Å². The van der Waals surface area contributed by atoms with Crippen LogP contribution in [0.25, 0.3) is 0 Å². The first-order valence-corrected chi connectivity index (χ1v) is 4.45. The molecule has 0 aliphatic rings. The van der Waals surface area contributed by atoms with Crippen molar-refractivity contribution in [3.8, 4) is 6.07 Å². The van der Waals surface area contributed by atoms with Crippen LogP contribution in [0.1, 0.15) is 5.69 Å². The topological polar surface area (TPSA) is 36.7 Å². The molecule has 0 aliphatic heterocycles. The number of hydrogen-bond donors (Lipinski definition) is 0. The Morgan fingerprint density at radius 1 is 1.67 bits per heavy atom. The predicted molar refractivity (Wildman–Crippen MR) is 49.9 cm³/mol. The van der Waals surface area contributed by atoms with Crippen LogP contribution < -0.4 is 0 Å². The maximum absolute atomic E-state index is 8.47. The summed E-state index contributed by atoms with van der Waals surface area (Å²) in [7, 11) is 0. The summed E-state index contributed by atoms with van der Waals surface area (Å²) in [5.41, 5.74) is 0.456. The zero-order valence-corrected chi connectivity index (χ0v) is 7.34. The van der Waals surface area contributed by atoms with Gasteiger partial charge in [-0.25, -0.2) is 4.98 Å². The van der Waals surface area contributed by atoms with Gasteiger partial charge in [0.2, 0.25) is 0 Å². The molecule has 0 amide bonds. The highest BCUT2D eigenvalue weighted by Crippen LogP contribution is 2.16. The molecule has 0 saturated carbocycles. The number of nitrogens with zero attached hydrogens (tertiary/aromatic N) is 2. The molecular weight excluding hydrogens is 168 g/mol. The van der Waals surface area contributed by atoms with Crippen molar-refractivity contribution in [1.29, 1.82) is 5.26 Å². The van der Waals surface area contributed by atoms with Crippen molar-refractivity contribution in [2.45, 2.75) is 4.90 Å². The van der Waals surface area contributed by atoms with Crippen molar-refractivity contribution in [2.75, 3.05) is 5.75 Å². The molecule has 0 saturated heterocycles. The van der Waals surface area contributed by atoms with E-state index in [-0.39, 0.29) is 0 Å². The van der Waals surface area contributed by atoms with Gasteiger partial charge in [-0.05, 0) is 12.1 Å². The van der Waals surface area contributed by atoms with Gasteiger partial charge >= 0.3 is 0 Å². The number of rotatable bonds is 3. The molecule has 0 radical (unpaired) electrons. The first kappa shape index (κ1) is 8.82. The van der Waals surface area contributed by atoms with E-state index in [9.17, 15) is 0 Å². The summed E-state index contributed by atoms with van der Waals surface area (Å²) in [4.78, 5) is 5.00. The van der Waals surface area contributed by atoms with Crippen molar-refractivity contribution < 1.29 is 0 Å². The van der Waals surface area contributed by atoms with E-state index in [1.807, 2.05) is 18.2 Å². The Hall–Kier alpha value is -1.27. The SMILES string of the molecule is C=CCSc1ccc(C#N)nc1. The summed E-state index contributed by atoms with van der Waals surface area (Å²) >= 11 is 1.65. The van der Waals surface area contributed by atoms with Crippen molar-refractivity contribution in [3.05, 3.63) is 36.7 Å². The van der Waals surface area contributed by atoms with Gasteiger partial charge in [0.15, 0.2) is 0 Å². The molecule has 12 heavy (non-hydrogen) atoms. The highest BCUT2D eigenvalue weighted by atomic mass is 32.2. The van der Waals surface area contributed by atoms with E-state index >= 15 is 0 Å². The van der Waals surface area contributed by atoms with Gasteiger partial charge in [0.1, 0.15) is 11.8 Å². The number of thioether (sulfide) groups is 1. The minimum absolute atomic E-state index is 0.456. The second-order valence-corrected chi connectivity index (χ2v) is 3.18. The van der Waals surface area contributed by atoms with E-state index in [0.717, 1.165) is 10.6 Å². The lowest BCUT2D eigenvalue weighted by Gasteiger charge is -1.95. The van der Waals surface area contributed by atoms with E-state index in [4.69, 9.17) is 5.26 Å². The second kappa shape index (κ2) is 4.58. The molecule has 2 nitrogen and oxygen atoms in total. The molecule has 1 aromatic rings. The first-order valence-electron chi connectivity index (χ1n) is 3.46. The Bertz CT molecular complexity index is 297. The molecule has 0 unspecified atom stereocenters. The van der Waals surface area contributed by atoms with Crippen molar-refractivity contribution in [2.24, 2.45) is 0 Å². The molecule has 0 atom stereocenters. The molecule has 1 heterocycles. The standard InChI is InChI=1S/C9H8N2S/c1-2-5-12-9-4-3-8(6-10)11-7-9/h2-4,7H,1,5H2. The van der Waals surface area contributed by atoms with Crippen molar-refractivity contribution in [1.82, 2.24) is 4.98 Å². The van der Waals surface area contributed by atoms with Crippen LogP contribution >= 0.6 is 11.8 Å². The van der Waals surface area contributed by atoms with Gasteiger partial charge in [-0.15, -0.1) is 18.3 Å². The maximum Gasteiger partial charge on any atom is 0.140 e. The average Bonchev–Trinajstić information content (AvgIpc) is 2.15. The summed E-state index contributed by atoms with van der Waals surface area (Å²) in [5, 5.41) is 8.47. The minimum Gasteiger partial charge on any atom is -0.244 e. The summed E-state index contributed by atoms with van der Waals surface area (Å²) in [6.45, 7) is 3.62. The van der Waals surface area contributed by atoms with Crippen LogP contribution in [0.4, 0.5) is 0 Å². The number of hydrogen-bond acceptors (Lipinski definition) is 3. The van der Waals surface area contributed by atoms with Crippen LogP contribution in [0, 0.1) is 11.3 Å². The summed E-state index contributed by atoms with van der Waals surface area (Å²) in [6.07, 6.45) is 3.54. The Morgan fingerprint density at radius 3 is 3.00 bits per heavy atom. The molecule has 0 aliphatic carbocycles. The third-order valence-corrected chi connectivity index (χ3v) is 2.20. The number of pyridine rings is 1. The smallest absolute Gasteiger partial charge is 0.140 e. The Balaban J connectivity index is 2.66. The fraction of sp³-hybridized carbons (Fsp3) is 0.111. The Labute approximate surface area is 75.9 Å². The molecular formula is C9H8N2S. The van der Waals surface area contributed by atoms with Gasteiger partial charge in [-0.1, -0.05) is 6.08 Å². The lowest BCUT2D eigenvalue weighted by Crippen LogP contribution is -1.81. The zero-order chi connectivity index (χ0) is 8.81. The molecule has 1 aromatic heterocycles. The normalized spacial score (nSPS) is 8.92. The molecule has 60 valence electrons. The molecule has 0 spiro atoms. The number of aromatic nitrogens is 1. The molecule has 3 heteroatoms. The third kappa shape index (κ3) is 2.40. The average molecular weight is 176 g/mol. The Kier molecular flexibility index (Phi) is 3.36. The third-order valence-electron chi connectivity index (χ3n) is 1.22. The second-order valence-electron chi connectivity index (χ2n) is 2.09. The molecule has 1 rings (SSSR count). The highest BCUT2D eigenvalue weighted by Gasteiger charge is 1.93. The fourth-order valence-corrected chi connectivity index (χ4v) is 1.29. The van der Waals surface area contributed by atoms with Crippen molar-refractivity contribution >= 4 is 11.8 Å². The van der Waals surface area contributed by atoms with E-state index in [0.29, 0.717) is 5.69 Å². The van der Waals surface area contributed by atoms with Gasteiger partial charge in [-0.3, -0.25) is 0 Å².